The largest absolute Gasteiger partial charge is 0.287 e. The topological polar surface area (TPSA) is 17.1 Å². The average molecular weight is 256 g/mol. The standard InChI is InChI=1S/C16H16OS/c1-13(15-10-6-3-7-11-15)18-16(17)12-14-8-4-2-5-9-14/h2-11,13H,12H2,1H3. The molecule has 0 fully saturated rings. The smallest absolute Gasteiger partial charge is 0.193 e. The van der Waals surface area contributed by atoms with Gasteiger partial charge in [0.1, 0.15) is 0 Å². The number of hydrogen-bond donors (Lipinski definition) is 0. The van der Waals surface area contributed by atoms with Crippen molar-refractivity contribution in [2.45, 2.75) is 18.6 Å². The maximum absolute atomic E-state index is 12.0. The normalized spacial score (nSPS) is 12.1. The van der Waals surface area contributed by atoms with Gasteiger partial charge in [-0.2, -0.15) is 0 Å². The monoisotopic (exact) mass is 256 g/mol. The van der Waals surface area contributed by atoms with Crippen LogP contribution in [0.2, 0.25) is 0 Å². The third-order valence-electron chi connectivity index (χ3n) is 2.77. The summed E-state index contributed by atoms with van der Waals surface area (Å²) in [5.74, 6) is 0. The first-order valence-corrected chi connectivity index (χ1v) is 6.92. The third kappa shape index (κ3) is 3.74. The van der Waals surface area contributed by atoms with Gasteiger partial charge in [-0.15, -0.1) is 0 Å². The lowest BCUT2D eigenvalue weighted by Gasteiger charge is -2.10. The van der Waals surface area contributed by atoms with Crippen LogP contribution >= 0.6 is 11.8 Å². The summed E-state index contributed by atoms with van der Waals surface area (Å²) >= 11 is 1.41. The highest BCUT2D eigenvalue weighted by atomic mass is 32.2. The van der Waals surface area contributed by atoms with Gasteiger partial charge < -0.3 is 0 Å². The molecule has 0 saturated carbocycles. The zero-order valence-electron chi connectivity index (χ0n) is 10.4. The lowest BCUT2D eigenvalue weighted by Crippen LogP contribution is -2.00. The van der Waals surface area contributed by atoms with Crippen LogP contribution in [0.5, 0.6) is 0 Å². The first-order valence-electron chi connectivity index (χ1n) is 6.04. The quantitative estimate of drug-likeness (QED) is 0.813. The molecule has 2 heteroatoms. The first kappa shape index (κ1) is 12.9. The summed E-state index contributed by atoms with van der Waals surface area (Å²) in [5, 5.41) is 0.431. The molecule has 92 valence electrons. The second-order valence-electron chi connectivity index (χ2n) is 4.21. The number of carbonyl (C=O) groups excluding carboxylic acids is 1. The van der Waals surface area contributed by atoms with Crippen molar-refractivity contribution in [2.24, 2.45) is 0 Å². The van der Waals surface area contributed by atoms with E-state index in [4.69, 9.17) is 0 Å². The second-order valence-corrected chi connectivity index (χ2v) is 5.60. The average Bonchev–Trinajstić information content (AvgIpc) is 2.40. The molecule has 0 aromatic heterocycles. The minimum absolute atomic E-state index is 0.211. The lowest BCUT2D eigenvalue weighted by atomic mass is 10.2. The minimum atomic E-state index is 0.211. The Bertz CT molecular complexity index is 493. The summed E-state index contributed by atoms with van der Waals surface area (Å²) < 4.78 is 0. The maximum atomic E-state index is 12.0. The zero-order valence-corrected chi connectivity index (χ0v) is 11.2. The molecule has 18 heavy (non-hydrogen) atoms. The van der Waals surface area contributed by atoms with Crippen molar-refractivity contribution < 1.29 is 4.79 Å². The molecule has 0 radical (unpaired) electrons. The van der Waals surface area contributed by atoms with Crippen molar-refractivity contribution in [1.29, 1.82) is 0 Å². The van der Waals surface area contributed by atoms with Crippen molar-refractivity contribution in [3.63, 3.8) is 0 Å². The Morgan fingerprint density at radius 1 is 1.00 bits per heavy atom. The lowest BCUT2D eigenvalue weighted by molar-refractivity contribution is -0.110. The van der Waals surface area contributed by atoms with Gasteiger partial charge in [0.05, 0.1) is 0 Å². The van der Waals surface area contributed by atoms with Gasteiger partial charge in [0.2, 0.25) is 0 Å². The van der Waals surface area contributed by atoms with Crippen LogP contribution in [0.3, 0.4) is 0 Å². The molecule has 0 aliphatic carbocycles. The van der Waals surface area contributed by atoms with Gasteiger partial charge in [-0.25, -0.2) is 0 Å². The van der Waals surface area contributed by atoms with Gasteiger partial charge in [0, 0.05) is 11.7 Å². The van der Waals surface area contributed by atoms with Gasteiger partial charge in [0.15, 0.2) is 5.12 Å². The summed E-state index contributed by atoms with van der Waals surface area (Å²) in [7, 11) is 0. The number of rotatable bonds is 4. The van der Waals surface area contributed by atoms with Crippen molar-refractivity contribution in [1.82, 2.24) is 0 Å². The highest BCUT2D eigenvalue weighted by molar-refractivity contribution is 8.13. The molecular formula is C16H16OS. The molecule has 0 aliphatic heterocycles. The van der Waals surface area contributed by atoms with E-state index >= 15 is 0 Å². The van der Waals surface area contributed by atoms with Crippen LogP contribution in [-0.2, 0) is 11.2 Å². The first-order chi connectivity index (χ1) is 8.75. The summed E-state index contributed by atoms with van der Waals surface area (Å²) in [6.07, 6.45) is 0.503. The van der Waals surface area contributed by atoms with Crippen LogP contribution in [0, 0.1) is 0 Å². The van der Waals surface area contributed by atoms with E-state index < -0.39 is 0 Å². The van der Waals surface area contributed by atoms with E-state index in [2.05, 4.69) is 19.1 Å². The Hall–Kier alpha value is -1.54. The van der Waals surface area contributed by atoms with Crippen LogP contribution in [0.15, 0.2) is 60.7 Å². The molecule has 0 amide bonds. The molecule has 0 heterocycles. The van der Waals surface area contributed by atoms with E-state index in [1.807, 2.05) is 48.5 Å². The van der Waals surface area contributed by atoms with E-state index in [1.54, 1.807) is 0 Å². The Balaban J connectivity index is 1.92. The Labute approximate surface area is 112 Å². The minimum Gasteiger partial charge on any atom is -0.287 e. The molecule has 2 aromatic rings. The molecule has 0 spiro atoms. The van der Waals surface area contributed by atoms with E-state index in [1.165, 1.54) is 17.3 Å². The summed E-state index contributed by atoms with van der Waals surface area (Å²) in [5.41, 5.74) is 2.28. The second kappa shape index (κ2) is 6.41. The van der Waals surface area contributed by atoms with Gasteiger partial charge in [-0.05, 0) is 18.1 Å². The summed E-state index contributed by atoms with van der Waals surface area (Å²) in [4.78, 5) is 12.0. The van der Waals surface area contributed by atoms with Crippen LogP contribution < -0.4 is 0 Å². The molecule has 1 atom stereocenters. The predicted octanol–water partition coefficient (Wildman–Crippen LogP) is 4.25. The Kier molecular flexibility index (Phi) is 4.59. The SMILES string of the molecule is CC(SC(=O)Cc1ccccc1)c1ccccc1. The number of benzene rings is 2. The number of carbonyl (C=O) groups is 1. The molecule has 0 bridgehead atoms. The van der Waals surface area contributed by atoms with Crippen LogP contribution in [0.1, 0.15) is 23.3 Å². The molecule has 0 aliphatic rings. The fourth-order valence-corrected chi connectivity index (χ4v) is 2.73. The fraction of sp³-hybridized carbons (Fsp3) is 0.188. The van der Waals surface area contributed by atoms with Crippen molar-refractivity contribution >= 4 is 16.9 Å². The van der Waals surface area contributed by atoms with Crippen LogP contribution in [-0.4, -0.2) is 5.12 Å². The van der Waals surface area contributed by atoms with Crippen LogP contribution in [0.4, 0.5) is 0 Å². The Morgan fingerprint density at radius 2 is 1.56 bits per heavy atom. The predicted molar refractivity (Wildman–Crippen MR) is 77.6 cm³/mol. The highest BCUT2D eigenvalue weighted by Gasteiger charge is 2.11. The maximum Gasteiger partial charge on any atom is 0.193 e. The molecule has 2 rings (SSSR count). The van der Waals surface area contributed by atoms with Crippen molar-refractivity contribution in [3.8, 4) is 0 Å². The van der Waals surface area contributed by atoms with Gasteiger partial charge in [-0.3, -0.25) is 4.79 Å². The molecule has 0 N–H and O–H groups in total. The van der Waals surface area contributed by atoms with Gasteiger partial charge >= 0.3 is 0 Å². The zero-order chi connectivity index (χ0) is 12.8. The van der Waals surface area contributed by atoms with E-state index in [0.717, 1.165) is 5.56 Å². The molecule has 2 aromatic carbocycles. The van der Waals surface area contributed by atoms with Crippen molar-refractivity contribution in [3.05, 3.63) is 71.8 Å². The molecule has 1 nitrogen and oxygen atoms in total. The van der Waals surface area contributed by atoms with Gasteiger partial charge in [-0.1, -0.05) is 72.4 Å². The number of hydrogen-bond acceptors (Lipinski definition) is 2. The molecule has 0 saturated heterocycles. The van der Waals surface area contributed by atoms with E-state index in [0.29, 0.717) is 6.42 Å². The van der Waals surface area contributed by atoms with Crippen molar-refractivity contribution in [2.75, 3.05) is 0 Å². The van der Waals surface area contributed by atoms with E-state index in [9.17, 15) is 4.79 Å². The molecule has 1 unspecified atom stereocenters. The van der Waals surface area contributed by atoms with E-state index in [-0.39, 0.29) is 10.4 Å². The highest BCUT2D eigenvalue weighted by Crippen LogP contribution is 2.29. The van der Waals surface area contributed by atoms with Crippen LogP contribution in [0.25, 0.3) is 0 Å². The Morgan fingerprint density at radius 3 is 2.17 bits per heavy atom. The third-order valence-corrected chi connectivity index (χ3v) is 3.80. The number of thioether (sulfide) groups is 1. The fourth-order valence-electron chi connectivity index (χ4n) is 1.79. The molecular weight excluding hydrogens is 240 g/mol. The summed E-state index contributed by atoms with van der Waals surface area (Å²) in [6, 6.07) is 20.0. The van der Waals surface area contributed by atoms with Gasteiger partial charge in [0.25, 0.3) is 0 Å². The summed E-state index contributed by atoms with van der Waals surface area (Å²) in [6.45, 7) is 2.07.